The van der Waals surface area contributed by atoms with Gasteiger partial charge in [0.1, 0.15) is 5.82 Å². The van der Waals surface area contributed by atoms with Gasteiger partial charge in [-0.15, -0.1) is 0 Å². The van der Waals surface area contributed by atoms with Crippen LogP contribution in [0.4, 0.5) is 4.39 Å². The molecule has 0 fully saturated rings. The maximum Gasteiger partial charge on any atom is 0.129 e. The second-order valence-electron chi connectivity index (χ2n) is 4.72. The molecule has 0 radical (unpaired) electrons. The van der Waals surface area contributed by atoms with Gasteiger partial charge in [0.05, 0.1) is 18.2 Å². The summed E-state index contributed by atoms with van der Waals surface area (Å²) in [5.74, 6) is -0.355. The van der Waals surface area contributed by atoms with Crippen molar-refractivity contribution in [2.45, 2.75) is 19.7 Å². The highest BCUT2D eigenvalue weighted by Crippen LogP contribution is 2.12. The standard InChI is InChI=1S/C17H17FN2O/c1-21-12-16-5-3-2-4-14(16)10-20-11-15-7-6-13(9-19)8-17(15)18/h2-8,20H,10-12H2,1H3. The lowest BCUT2D eigenvalue weighted by atomic mass is 10.1. The highest BCUT2D eigenvalue weighted by molar-refractivity contribution is 5.33. The molecule has 0 aromatic heterocycles. The maximum absolute atomic E-state index is 13.8. The lowest BCUT2D eigenvalue weighted by molar-refractivity contribution is 0.184. The molecule has 0 bridgehead atoms. The zero-order chi connectivity index (χ0) is 15.1. The van der Waals surface area contributed by atoms with Crippen LogP contribution in [-0.2, 0) is 24.4 Å². The summed E-state index contributed by atoms with van der Waals surface area (Å²) in [5.41, 5.74) is 3.14. The lowest BCUT2D eigenvalue weighted by Crippen LogP contribution is -2.15. The summed E-state index contributed by atoms with van der Waals surface area (Å²) in [6.45, 7) is 1.61. The van der Waals surface area contributed by atoms with Crippen molar-refractivity contribution in [3.63, 3.8) is 0 Å². The second-order valence-corrected chi connectivity index (χ2v) is 4.72. The molecule has 3 nitrogen and oxygen atoms in total. The molecular formula is C17H17FN2O. The Morgan fingerprint density at radius 1 is 1.10 bits per heavy atom. The summed E-state index contributed by atoms with van der Waals surface area (Å²) in [4.78, 5) is 0. The highest BCUT2D eigenvalue weighted by atomic mass is 19.1. The van der Waals surface area contributed by atoms with Gasteiger partial charge in [-0.05, 0) is 23.3 Å². The minimum atomic E-state index is -0.355. The Bertz CT molecular complexity index is 649. The summed E-state index contributed by atoms with van der Waals surface area (Å²) in [6, 6.07) is 14.4. The summed E-state index contributed by atoms with van der Waals surface area (Å²) in [5, 5.41) is 11.9. The van der Waals surface area contributed by atoms with Crippen LogP contribution in [0, 0.1) is 17.1 Å². The van der Waals surface area contributed by atoms with Gasteiger partial charge in [0, 0.05) is 25.8 Å². The number of hydrogen-bond acceptors (Lipinski definition) is 3. The van der Waals surface area contributed by atoms with E-state index in [1.54, 1.807) is 19.2 Å². The Morgan fingerprint density at radius 3 is 2.48 bits per heavy atom. The molecule has 0 amide bonds. The molecular weight excluding hydrogens is 267 g/mol. The van der Waals surface area contributed by atoms with Gasteiger partial charge in [-0.3, -0.25) is 0 Å². The SMILES string of the molecule is COCc1ccccc1CNCc1ccc(C#N)cc1F. The number of halogens is 1. The first-order valence-electron chi connectivity index (χ1n) is 6.69. The van der Waals surface area contributed by atoms with Gasteiger partial charge >= 0.3 is 0 Å². The number of nitrogens with zero attached hydrogens (tertiary/aromatic N) is 1. The number of ether oxygens (including phenoxy) is 1. The van der Waals surface area contributed by atoms with Crippen molar-refractivity contribution in [1.82, 2.24) is 5.32 Å². The van der Waals surface area contributed by atoms with E-state index in [4.69, 9.17) is 10.00 Å². The number of nitriles is 1. The molecule has 0 saturated heterocycles. The summed E-state index contributed by atoms with van der Waals surface area (Å²) >= 11 is 0. The van der Waals surface area contributed by atoms with Crippen molar-refractivity contribution < 1.29 is 9.13 Å². The monoisotopic (exact) mass is 284 g/mol. The van der Waals surface area contributed by atoms with Gasteiger partial charge in [-0.1, -0.05) is 30.3 Å². The molecule has 0 aliphatic carbocycles. The van der Waals surface area contributed by atoms with Crippen LogP contribution in [0.2, 0.25) is 0 Å². The van der Waals surface area contributed by atoms with E-state index in [9.17, 15) is 4.39 Å². The minimum Gasteiger partial charge on any atom is -0.380 e. The van der Waals surface area contributed by atoms with E-state index in [1.165, 1.54) is 6.07 Å². The number of hydrogen-bond donors (Lipinski definition) is 1. The summed E-state index contributed by atoms with van der Waals surface area (Å²) in [7, 11) is 1.66. The van der Waals surface area contributed by atoms with E-state index < -0.39 is 0 Å². The van der Waals surface area contributed by atoms with Gasteiger partial charge in [0.2, 0.25) is 0 Å². The zero-order valence-corrected chi connectivity index (χ0v) is 11.9. The van der Waals surface area contributed by atoms with Crippen LogP contribution in [0.25, 0.3) is 0 Å². The van der Waals surface area contributed by atoms with E-state index >= 15 is 0 Å². The average molecular weight is 284 g/mol. The van der Waals surface area contributed by atoms with Gasteiger partial charge in [0.15, 0.2) is 0 Å². The smallest absolute Gasteiger partial charge is 0.129 e. The number of benzene rings is 2. The van der Waals surface area contributed by atoms with E-state index in [2.05, 4.69) is 5.32 Å². The Hall–Kier alpha value is -2.22. The Morgan fingerprint density at radius 2 is 1.81 bits per heavy atom. The Balaban J connectivity index is 1.97. The van der Waals surface area contributed by atoms with Gasteiger partial charge in [0.25, 0.3) is 0 Å². The van der Waals surface area contributed by atoms with Crippen molar-refractivity contribution in [3.05, 3.63) is 70.5 Å². The number of rotatable bonds is 6. The molecule has 0 atom stereocenters. The van der Waals surface area contributed by atoms with Crippen LogP contribution in [-0.4, -0.2) is 7.11 Å². The van der Waals surface area contributed by atoms with Crippen LogP contribution in [0.5, 0.6) is 0 Å². The quantitative estimate of drug-likeness (QED) is 0.886. The molecule has 0 saturated carbocycles. The first-order valence-corrected chi connectivity index (χ1v) is 6.69. The zero-order valence-electron chi connectivity index (χ0n) is 11.9. The third kappa shape index (κ3) is 4.12. The number of methoxy groups -OCH3 is 1. The molecule has 108 valence electrons. The predicted molar refractivity (Wildman–Crippen MR) is 78.8 cm³/mol. The molecule has 0 unspecified atom stereocenters. The van der Waals surface area contributed by atoms with Crippen LogP contribution in [0.3, 0.4) is 0 Å². The molecule has 4 heteroatoms. The normalized spacial score (nSPS) is 10.3. The molecule has 0 aliphatic heterocycles. The fourth-order valence-electron chi connectivity index (χ4n) is 2.12. The van der Waals surface area contributed by atoms with Crippen molar-refractivity contribution in [3.8, 4) is 6.07 Å². The fraction of sp³-hybridized carbons (Fsp3) is 0.235. The van der Waals surface area contributed by atoms with E-state index in [1.807, 2.05) is 30.3 Å². The topological polar surface area (TPSA) is 45.0 Å². The van der Waals surface area contributed by atoms with E-state index in [-0.39, 0.29) is 5.82 Å². The first-order chi connectivity index (χ1) is 10.2. The summed E-state index contributed by atoms with van der Waals surface area (Å²) in [6.07, 6.45) is 0. The molecule has 0 spiro atoms. The van der Waals surface area contributed by atoms with E-state index in [0.717, 1.165) is 11.1 Å². The van der Waals surface area contributed by atoms with Crippen LogP contribution in [0.15, 0.2) is 42.5 Å². The Kier molecular flexibility index (Phi) is 5.44. The average Bonchev–Trinajstić information content (AvgIpc) is 2.50. The van der Waals surface area contributed by atoms with Crippen molar-refractivity contribution in [2.24, 2.45) is 0 Å². The molecule has 2 rings (SSSR count). The van der Waals surface area contributed by atoms with E-state index in [0.29, 0.717) is 30.8 Å². The lowest BCUT2D eigenvalue weighted by Gasteiger charge is -2.10. The molecule has 1 N–H and O–H groups in total. The molecule has 0 aliphatic rings. The van der Waals surface area contributed by atoms with Crippen molar-refractivity contribution in [2.75, 3.05) is 7.11 Å². The van der Waals surface area contributed by atoms with Gasteiger partial charge in [-0.2, -0.15) is 5.26 Å². The molecule has 2 aromatic carbocycles. The minimum absolute atomic E-state index is 0.335. The van der Waals surface area contributed by atoms with Crippen LogP contribution in [0.1, 0.15) is 22.3 Å². The van der Waals surface area contributed by atoms with Crippen molar-refractivity contribution >= 4 is 0 Å². The van der Waals surface area contributed by atoms with Crippen LogP contribution < -0.4 is 5.32 Å². The Labute approximate surface area is 124 Å². The maximum atomic E-state index is 13.8. The third-order valence-corrected chi connectivity index (χ3v) is 3.23. The number of nitrogens with one attached hydrogen (secondary N) is 1. The largest absolute Gasteiger partial charge is 0.380 e. The first kappa shape index (κ1) is 15.2. The van der Waals surface area contributed by atoms with Crippen LogP contribution >= 0.6 is 0 Å². The van der Waals surface area contributed by atoms with Gasteiger partial charge in [-0.25, -0.2) is 4.39 Å². The molecule has 2 aromatic rings. The highest BCUT2D eigenvalue weighted by Gasteiger charge is 2.05. The van der Waals surface area contributed by atoms with Crippen molar-refractivity contribution in [1.29, 1.82) is 5.26 Å². The fourth-order valence-corrected chi connectivity index (χ4v) is 2.12. The molecule has 21 heavy (non-hydrogen) atoms. The van der Waals surface area contributed by atoms with Gasteiger partial charge < -0.3 is 10.1 Å². The third-order valence-electron chi connectivity index (χ3n) is 3.23. The summed E-state index contributed by atoms with van der Waals surface area (Å²) < 4.78 is 18.9. The molecule has 0 heterocycles. The second kappa shape index (κ2) is 7.53. The predicted octanol–water partition coefficient (Wildman–Crippen LogP) is 3.13.